The molecule has 0 radical (unpaired) electrons. The van der Waals surface area contributed by atoms with E-state index in [2.05, 4.69) is 104 Å². The van der Waals surface area contributed by atoms with Gasteiger partial charge < -0.3 is 20.4 Å². The Hall–Kier alpha value is -3.92. The molecule has 1 aliphatic carbocycles. The molecule has 0 heterocycles. The van der Waals surface area contributed by atoms with Crippen LogP contribution >= 0.6 is 0 Å². The van der Waals surface area contributed by atoms with E-state index in [0.29, 0.717) is 35.8 Å². The molecule has 0 amide bonds. The first-order valence-corrected chi connectivity index (χ1v) is 18.2. The molecule has 0 saturated heterocycles. The van der Waals surface area contributed by atoms with Crippen molar-refractivity contribution in [2.45, 2.75) is 130 Å². The molecule has 4 aromatic rings. The van der Waals surface area contributed by atoms with Gasteiger partial charge in [-0.15, -0.1) is 0 Å². The summed E-state index contributed by atoms with van der Waals surface area (Å²) in [6.45, 7) is 17.4. The maximum Gasteiger partial charge on any atom is 0.122 e. The standard InChI is InChI=1S/C44H56O4/c1-9-13-27-19-35-23-31(39(27)45)17-32-24-37(21-29(15-11-3)40(32)46)44(7,8)38-22-30(16-12-4)42(48)34(26-38)18-33-25-36(43(35,5)6)20-28(14-10-2)41(33)47/h19-26,45-48H,9-18H2,1-8H3. The second-order valence-electron chi connectivity index (χ2n) is 15.2. The molecule has 256 valence electrons. The van der Waals surface area contributed by atoms with E-state index in [1.807, 2.05) is 0 Å². The SMILES string of the molecule is CCCc1cc2cc(c1O)Cc1cc(cc(CCC)c1O)C(C)(C)c1cc(CCC)c(O)c(c1)Cc1cc(cc(CCC)c1O)C2(C)C. The largest absolute Gasteiger partial charge is 0.507 e. The Bertz CT molecular complexity index is 1550. The van der Waals surface area contributed by atoms with Gasteiger partial charge in [0.2, 0.25) is 0 Å². The highest BCUT2D eigenvalue weighted by molar-refractivity contribution is 5.58. The van der Waals surface area contributed by atoms with Gasteiger partial charge in [0.1, 0.15) is 23.0 Å². The minimum atomic E-state index is -0.455. The summed E-state index contributed by atoms with van der Waals surface area (Å²) in [6.07, 6.45) is 7.41. The summed E-state index contributed by atoms with van der Waals surface area (Å²) in [5.41, 5.74) is 10.4. The maximum absolute atomic E-state index is 11.7. The summed E-state index contributed by atoms with van der Waals surface area (Å²) >= 11 is 0. The summed E-state index contributed by atoms with van der Waals surface area (Å²) in [6, 6.07) is 17.1. The van der Waals surface area contributed by atoms with Crippen molar-refractivity contribution >= 4 is 0 Å². The normalized spacial score (nSPS) is 15.0. The third kappa shape index (κ3) is 6.56. The minimum absolute atomic E-state index is 0.309. The monoisotopic (exact) mass is 648 g/mol. The van der Waals surface area contributed by atoms with E-state index in [-0.39, 0.29) is 0 Å². The fourth-order valence-electron chi connectivity index (χ4n) is 7.61. The first-order chi connectivity index (χ1) is 22.8. The van der Waals surface area contributed by atoms with Crippen molar-refractivity contribution in [3.05, 3.63) is 115 Å². The Morgan fingerprint density at radius 3 is 0.792 bits per heavy atom. The molecule has 4 N–H and O–H groups in total. The quantitative estimate of drug-likeness (QED) is 0.153. The van der Waals surface area contributed by atoms with Gasteiger partial charge >= 0.3 is 0 Å². The number of rotatable bonds is 8. The smallest absolute Gasteiger partial charge is 0.122 e. The van der Waals surface area contributed by atoms with Gasteiger partial charge in [0, 0.05) is 23.7 Å². The van der Waals surface area contributed by atoms with E-state index in [4.69, 9.17) is 0 Å². The zero-order valence-electron chi connectivity index (χ0n) is 30.5. The Labute approximate surface area is 288 Å². The van der Waals surface area contributed by atoms with Crippen molar-refractivity contribution in [1.29, 1.82) is 0 Å². The van der Waals surface area contributed by atoms with Crippen LogP contribution in [-0.2, 0) is 49.4 Å². The number of phenolic OH excluding ortho intramolecular Hbond substituents is 4. The molecule has 0 saturated carbocycles. The van der Waals surface area contributed by atoms with E-state index in [1.165, 1.54) is 0 Å². The van der Waals surface area contributed by atoms with Crippen molar-refractivity contribution in [2.24, 2.45) is 0 Å². The van der Waals surface area contributed by atoms with Gasteiger partial charge in [0.25, 0.3) is 0 Å². The van der Waals surface area contributed by atoms with Crippen molar-refractivity contribution < 1.29 is 20.4 Å². The average molecular weight is 649 g/mol. The lowest BCUT2D eigenvalue weighted by molar-refractivity contribution is 0.452. The predicted octanol–water partition coefficient (Wildman–Crippen LogP) is 10.5. The van der Waals surface area contributed by atoms with Gasteiger partial charge in [-0.05, 0) is 92.4 Å². The predicted molar refractivity (Wildman–Crippen MR) is 198 cm³/mol. The van der Waals surface area contributed by atoms with Crippen LogP contribution in [-0.4, -0.2) is 20.4 Å². The second kappa shape index (κ2) is 13.9. The molecule has 4 aromatic carbocycles. The number of aryl methyl sites for hydroxylation is 4. The van der Waals surface area contributed by atoms with Gasteiger partial charge in [-0.1, -0.05) is 130 Å². The van der Waals surface area contributed by atoms with E-state index in [9.17, 15) is 20.4 Å². The molecular weight excluding hydrogens is 592 g/mol. The average Bonchev–Trinajstić information content (AvgIpc) is 3.04. The van der Waals surface area contributed by atoms with Gasteiger partial charge in [-0.3, -0.25) is 0 Å². The fraction of sp³-hybridized carbons (Fsp3) is 0.455. The lowest BCUT2D eigenvalue weighted by Crippen LogP contribution is -2.22. The first-order valence-electron chi connectivity index (χ1n) is 18.2. The highest BCUT2D eigenvalue weighted by Gasteiger charge is 2.31. The van der Waals surface area contributed by atoms with Crippen molar-refractivity contribution in [3.63, 3.8) is 0 Å². The van der Waals surface area contributed by atoms with E-state index in [0.717, 1.165) is 118 Å². The number of benzene rings is 4. The molecule has 0 aliphatic heterocycles. The third-order valence-corrected chi connectivity index (χ3v) is 10.8. The van der Waals surface area contributed by atoms with Gasteiger partial charge in [-0.2, -0.15) is 0 Å². The highest BCUT2D eigenvalue weighted by atomic mass is 16.3. The lowest BCUT2D eigenvalue weighted by atomic mass is 9.73. The van der Waals surface area contributed by atoms with Crippen molar-refractivity contribution in [2.75, 3.05) is 0 Å². The van der Waals surface area contributed by atoms with Crippen LogP contribution in [0.3, 0.4) is 0 Å². The molecule has 0 aromatic heterocycles. The van der Waals surface area contributed by atoms with Crippen LogP contribution in [0.25, 0.3) is 0 Å². The van der Waals surface area contributed by atoms with Gasteiger partial charge in [0.15, 0.2) is 0 Å². The topological polar surface area (TPSA) is 80.9 Å². The number of hydrogen-bond donors (Lipinski definition) is 4. The third-order valence-electron chi connectivity index (χ3n) is 10.8. The van der Waals surface area contributed by atoms with Crippen LogP contribution in [0.2, 0.25) is 0 Å². The number of fused-ring (bicyclic) bond motifs is 8. The molecule has 8 bridgehead atoms. The van der Waals surface area contributed by atoms with E-state index >= 15 is 0 Å². The Balaban J connectivity index is 1.90. The van der Waals surface area contributed by atoms with E-state index < -0.39 is 10.8 Å². The minimum Gasteiger partial charge on any atom is -0.507 e. The Morgan fingerprint density at radius 1 is 0.396 bits per heavy atom. The summed E-state index contributed by atoms with van der Waals surface area (Å²) in [7, 11) is 0. The zero-order chi connectivity index (χ0) is 35.0. The van der Waals surface area contributed by atoms with E-state index in [1.54, 1.807) is 0 Å². The molecule has 1 aliphatic rings. The molecule has 0 fully saturated rings. The summed E-state index contributed by atoms with van der Waals surface area (Å²) < 4.78 is 0. The molecule has 0 unspecified atom stereocenters. The summed E-state index contributed by atoms with van der Waals surface area (Å²) in [5, 5.41) is 46.7. The molecular formula is C44H56O4. The van der Waals surface area contributed by atoms with Crippen LogP contribution in [0.15, 0.2) is 48.5 Å². The van der Waals surface area contributed by atoms with Crippen molar-refractivity contribution in [3.8, 4) is 23.0 Å². The van der Waals surface area contributed by atoms with Crippen LogP contribution in [0.1, 0.15) is 148 Å². The molecule has 0 atom stereocenters. The number of hydrogen-bond acceptors (Lipinski definition) is 4. The molecule has 4 nitrogen and oxygen atoms in total. The number of aromatic hydroxyl groups is 4. The fourth-order valence-corrected chi connectivity index (χ4v) is 7.61. The zero-order valence-corrected chi connectivity index (χ0v) is 30.5. The number of phenols is 4. The van der Waals surface area contributed by atoms with Crippen LogP contribution in [0.4, 0.5) is 0 Å². The van der Waals surface area contributed by atoms with Gasteiger partial charge in [-0.25, -0.2) is 0 Å². The molecule has 5 rings (SSSR count). The lowest BCUT2D eigenvalue weighted by Gasteiger charge is -2.31. The molecule has 4 heteroatoms. The van der Waals surface area contributed by atoms with Crippen LogP contribution in [0, 0.1) is 0 Å². The van der Waals surface area contributed by atoms with Crippen molar-refractivity contribution in [1.82, 2.24) is 0 Å². The molecule has 48 heavy (non-hydrogen) atoms. The van der Waals surface area contributed by atoms with Gasteiger partial charge in [0.05, 0.1) is 0 Å². The summed E-state index contributed by atoms with van der Waals surface area (Å²) in [4.78, 5) is 0. The highest BCUT2D eigenvalue weighted by Crippen LogP contribution is 2.44. The maximum atomic E-state index is 11.7. The Kier molecular flexibility index (Phi) is 10.2. The van der Waals surface area contributed by atoms with Crippen LogP contribution < -0.4 is 0 Å². The first kappa shape index (κ1) is 35.4. The second-order valence-corrected chi connectivity index (χ2v) is 15.2. The summed E-state index contributed by atoms with van der Waals surface area (Å²) in [5.74, 6) is 1.24. The molecule has 0 spiro atoms. The van der Waals surface area contributed by atoms with Crippen LogP contribution in [0.5, 0.6) is 23.0 Å². The Morgan fingerprint density at radius 2 is 0.604 bits per heavy atom.